The maximum absolute atomic E-state index is 12.7. The van der Waals surface area contributed by atoms with E-state index < -0.39 is 0 Å². The highest BCUT2D eigenvalue weighted by Gasteiger charge is 2.02. The Hall–Kier alpha value is -2.37. The maximum atomic E-state index is 12.7. The van der Waals surface area contributed by atoms with Gasteiger partial charge in [-0.1, -0.05) is 12.1 Å². The van der Waals surface area contributed by atoms with Gasteiger partial charge in [0.1, 0.15) is 12.4 Å². The van der Waals surface area contributed by atoms with E-state index in [1.807, 2.05) is 0 Å². The third-order valence-corrected chi connectivity index (χ3v) is 2.63. The second kappa shape index (κ2) is 5.99. The Balaban J connectivity index is 1.89. The minimum Gasteiger partial charge on any atom is -0.378 e. The molecule has 0 bridgehead atoms. The fraction of sp³-hybridized carbons (Fsp3) is 0.231. The van der Waals surface area contributed by atoms with Crippen molar-refractivity contribution in [2.24, 2.45) is 0 Å². The zero-order valence-corrected chi connectivity index (χ0v) is 10.6. The molecule has 0 spiro atoms. The molecule has 0 radical (unpaired) electrons. The molecule has 6 heteroatoms. The van der Waals surface area contributed by atoms with Crippen molar-refractivity contribution in [1.29, 1.82) is 0 Å². The highest BCUT2D eigenvalue weighted by Crippen LogP contribution is 2.08. The van der Waals surface area contributed by atoms with Crippen LogP contribution in [0, 0.1) is 5.82 Å². The standard InChI is InChI=1S/C13H15FN4O/c1-15-13(19)9-18-8-12(7-17-18)16-6-10-2-4-11(14)5-3-10/h2-5,7-8,16H,6,9H2,1H3,(H,15,19). The summed E-state index contributed by atoms with van der Waals surface area (Å²) in [6.07, 6.45) is 3.39. The lowest BCUT2D eigenvalue weighted by molar-refractivity contribution is -0.121. The van der Waals surface area contributed by atoms with E-state index in [1.165, 1.54) is 12.1 Å². The van der Waals surface area contributed by atoms with Crippen molar-refractivity contribution in [3.63, 3.8) is 0 Å². The number of aromatic nitrogens is 2. The van der Waals surface area contributed by atoms with Gasteiger partial charge in [-0.25, -0.2) is 4.39 Å². The Morgan fingerprint density at radius 3 is 2.79 bits per heavy atom. The smallest absolute Gasteiger partial charge is 0.241 e. The molecule has 0 saturated carbocycles. The highest BCUT2D eigenvalue weighted by molar-refractivity contribution is 5.75. The summed E-state index contributed by atoms with van der Waals surface area (Å²) in [5.74, 6) is -0.352. The van der Waals surface area contributed by atoms with Crippen LogP contribution in [0.2, 0.25) is 0 Å². The molecule has 0 fully saturated rings. The van der Waals surface area contributed by atoms with Gasteiger partial charge in [-0.05, 0) is 17.7 Å². The molecule has 1 amide bonds. The number of benzene rings is 1. The third kappa shape index (κ3) is 3.80. The largest absolute Gasteiger partial charge is 0.378 e. The SMILES string of the molecule is CNC(=O)Cn1cc(NCc2ccc(F)cc2)cn1. The summed E-state index contributed by atoms with van der Waals surface area (Å²) in [5, 5.41) is 9.75. The summed E-state index contributed by atoms with van der Waals surface area (Å²) in [6, 6.07) is 6.28. The van der Waals surface area contributed by atoms with Gasteiger partial charge in [0, 0.05) is 19.8 Å². The van der Waals surface area contributed by atoms with Crippen LogP contribution in [0.25, 0.3) is 0 Å². The van der Waals surface area contributed by atoms with Crippen LogP contribution in [-0.2, 0) is 17.9 Å². The summed E-state index contributed by atoms with van der Waals surface area (Å²) in [7, 11) is 1.58. The van der Waals surface area contributed by atoms with E-state index in [2.05, 4.69) is 15.7 Å². The second-order valence-electron chi connectivity index (χ2n) is 4.08. The van der Waals surface area contributed by atoms with Gasteiger partial charge in [0.25, 0.3) is 0 Å². The molecule has 0 aliphatic heterocycles. The van der Waals surface area contributed by atoms with Crippen LogP contribution < -0.4 is 10.6 Å². The Morgan fingerprint density at radius 2 is 2.11 bits per heavy atom. The molecule has 1 aromatic carbocycles. The monoisotopic (exact) mass is 262 g/mol. The van der Waals surface area contributed by atoms with Crippen molar-refractivity contribution in [1.82, 2.24) is 15.1 Å². The van der Waals surface area contributed by atoms with Gasteiger partial charge in [0.05, 0.1) is 11.9 Å². The van der Waals surface area contributed by atoms with Crippen LogP contribution in [0.5, 0.6) is 0 Å². The van der Waals surface area contributed by atoms with Crippen LogP contribution in [0.1, 0.15) is 5.56 Å². The molecule has 1 aromatic heterocycles. The molecular formula is C13H15FN4O. The number of likely N-dealkylation sites (N-methyl/N-ethyl adjacent to an activating group) is 1. The molecule has 0 aliphatic carbocycles. The summed E-state index contributed by atoms with van der Waals surface area (Å²) in [4.78, 5) is 11.2. The van der Waals surface area contributed by atoms with Crippen molar-refractivity contribution in [3.05, 3.63) is 48.0 Å². The van der Waals surface area contributed by atoms with E-state index in [4.69, 9.17) is 0 Å². The molecule has 0 unspecified atom stereocenters. The summed E-state index contributed by atoms with van der Waals surface area (Å²) in [6.45, 7) is 0.765. The van der Waals surface area contributed by atoms with Gasteiger partial charge >= 0.3 is 0 Å². The van der Waals surface area contributed by atoms with Gasteiger partial charge in [0.2, 0.25) is 5.91 Å². The van der Waals surface area contributed by atoms with E-state index in [-0.39, 0.29) is 18.3 Å². The number of amides is 1. The number of hydrogen-bond donors (Lipinski definition) is 2. The van der Waals surface area contributed by atoms with Gasteiger partial charge in [-0.2, -0.15) is 5.10 Å². The minimum atomic E-state index is -0.248. The summed E-state index contributed by atoms with van der Waals surface area (Å²) in [5.41, 5.74) is 1.79. The molecule has 0 aliphatic rings. The normalized spacial score (nSPS) is 10.2. The lowest BCUT2D eigenvalue weighted by Crippen LogP contribution is -2.23. The molecule has 19 heavy (non-hydrogen) atoms. The van der Waals surface area contributed by atoms with E-state index in [0.29, 0.717) is 6.54 Å². The lowest BCUT2D eigenvalue weighted by Gasteiger charge is -2.03. The van der Waals surface area contributed by atoms with Crippen molar-refractivity contribution < 1.29 is 9.18 Å². The third-order valence-electron chi connectivity index (χ3n) is 2.63. The fourth-order valence-electron chi connectivity index (χ4n) is 1.57. The molecule has 5 nitrogen and oxygen atoms in total. The number of halogens is 1. The van der Waals surface area contributed by atoms with E-state index >= 15 is 0 Å². The van der Waals surface area contributed by atoms with Crippen LogP contribution in [-0.4, -0.2) is 22.7 Å². The zero-order chi connectivity index (χ0) is 13.7. The minimum absolute atomic E-state index is 0.104. The van der Waals surface area contributed by atoms with Crippen LogP contribution >= 0.6 is 0 Å². The predicted molar refractivity (Wildman–Crippen MR) is 70.0 cm³/mol. The second-order valence-corrected chi connectivity index (χ2v) is 4.08. The predicted octanol–water partition coefficient (Wildman–Crippen LogP) is 1.38. The van der Waals surface area contributed by atoms with Crippen LogP contribution in [0.4, 0.5) is 10.1 Å². The Bertz CT molecular complexity index is 550. The quantitative estimate of drug-likeness (QED) is 0.856. The first-order chi connectivity index (χ1) is 9.17. The van der Waals surface area contributed by atoms with Gasteiger partial charge < -0.3 is 10.6 Å². The molecule has 2 rings (SSSR count). The molecule has 100 valence electrons. The molecule has 0 saturated heterocycles. The highest BCUT2D eigenvalue weighted by atomic mass is 19.1. The van der Waals surface area contributed by atoms with Crippen LogP contribution in [0.3, 0.4) is 0 Å². The summed E-state index contributed by atoms with van der Waals surface area (Å²) >= 11 is 0. The number of carbonyl (C=O) groups is 1. The first-order valence-electron chi connectivity index (χ1n) is 5.89. The number of carbonyl (C=O) groups excluding carboxylic acids is 1. The molecule has 2 N–H and O–H groups in total. The van der Waals surface area contributed by atoms with Crippen LogP contribution in [0.15, 0.2) is 36.7 Å². The van der Waals surface area contributed by atoms with Crippen molar-refractivity contribution >= 4 is 11.6 Å². The van der Waals surface area contributed by atoms with Gasteiger partial charge in [-0.3, -0.25) is 9.48 Å². The van der Waals surface area contributed by atoms with Gasteiger partial charge in [0.15, 0.2) is 0 Å². The van der Waals surface area contributed by atoms with E-state index in [0.717, 1.165) is 11.3 Å². The number of nitrogens with zero attached hydrogens (tertiary/aromatic N) is 2. The number of hydrogen-bond acceptors (Lipinski definition) is 3. The average molecular weight is 262 g/mol. The van der Waals surface area contributed by atoms with E-state index in [9.17, 15) is 9.18 Å². The Morgan fingerprint density at radius 1 is 1.37 bits per heavy atom. The average Bonchev–Trinajstić information content (AvgIpc) is 2.85. The van der Waals surface area contributed by atoms with Gasteiger partial charge in [-0.15, -0.1) is 0 Å². The van der Waals surface area contributed by atoms with Crippen molar-refractivity contribution in [2.75, 3.05) is 12.4 Å². The Kier molecular flexibility index (Phi) is 4.12. The van der Waals surface area contributed by atoms with Crippen molar-refractivity contribution in [2.45, 2.75) is 13.1 Å². The first-order valence-corrected chi connectivity index (χ1v) is 5.89. The molecule has 0 atom stereocenters. The summed E-state index contributed by atoms with van der Waals surface area (Å²) < 4.78 is 14.3. The number of nitrogens with one attached hydrogen (secondary N) is 2. The topological polar surface area (TPSA) is 59.0 Å². The maximum Gasteiger partial charge on any atom is 0.241 e. The number of rotatable bonds is 5. The fourth-order valence-corrected chi connectivity index (χ4v) is 1.57. The molecule has 2 aromatic rings. The number of anilines is 1. The zero-order valence-electron chi connectivity index (χ0n) is 10.6. The first kappa shape index (κ1) is 13.1. The van der Waals surface area contributed by atoms with Crippen molar-refractivity contribution in [3.8, 4) is 0 Å². The lowest BCUT2D eigenvalue weighted by atomic mass is 10.2. The Labute approximate surface area is 110 Å². The van der Waals surface area contributed by atoms with E-state index in [1.54, 1.807) is 36.3 Å². The molecule has 1 heterocycles. The molecular weight excluding hydrogens is 247 g/mol.